The first-order chi connectivity index (χ1) is 10.4. The summed E-state index contributed by atoms with van der Waals surface area (Å²) in [6.07, 6.45) is 1.72. The molecule has 1 unspecified atom stereocenters. The van der Waals surface area contributed by atoms with Crippen molar-refractivity contribution in [3.8, 4) is 0 Å². The number of likely N-dealkylation sites (N-methyl/N-ethyl adjacent to an activating group) is 1. The number of hydrogen-bond acceptors (Lipinski definition) is 5. The van der Waals surface area contributed by atoms with Crippen LogP contribution in [0.3, 0.4) is 0 Å². The Morgan fingerprint density at radius 2 is 2.23 bits per heavy atom. The number of aromatic nitrogens is 1. The summed E-state index contributed by atoms with van der Waals surface area (Å²) in [7, 11) is 3.47. The van der Waals surface area contributed by atoms with E-state index in [-0.39, 0.29) is 30.3 Å². The highest BCUT2D eigenvalue weighted by Crippen LogP contribution is 2.20. The maximum absolute atomic E-state index is 12.1. The molecule has 7 heteroatoms. The molecule has 0 saturated carbocycles. The molecule has 2 amide bonds. The summed E-state index contributed by atoms with van der Waals surface area (Å²) in [4.78, 5) is 27.7. The summed E-state index contributed by atoms with van der Waals surface area (Å²) in [5, 5.41) is 6.60. The second kappa shape index (κ2) is 6.91. The molecule has 1 aromatic rings. The van der Waals surface area contributed by atoms with Gasteiger partial charge in [-0.25, -0.2) is 0 Å². The Morgan fingerprint density at radius 3 is 2.82 bits per heavy atom. The summed E-state index contributed by atoms with van der Waals surface area (Å²) < 4.78 is 5.10. The fourth-order valence-electron chi connectivity index (χ4n) is 2.57. The largest absolute Gasteiger partial charge is 0.347 e. The van der Waals surface area contributed by atoms with Crippen LogP contribution < -0.4 is 5.32 Å². The van der Waals surface area contributed by atoms with Gasteiger partial charge in [0.25, 0.3) is 0 Å². The van der Waals surface area contributed by atoms with Gasteiger partial charge in [0.05, 0.1) is 18.3 Å². The minimum Gasteiger partial charge on any atom is -0.347 e. The van der Waals surface area contributed by atoms with Crippen LogP contribution in [-0.4, -0.2) is 60.0 Å². The van der Waals surface area contributed by atoms with Crippen LogP contribution in [0.1, 0.15) is 38.3 Å². The van der Waals surface area contributed by atoms with Gasteiger partial charge < -0.3 is 9.42 Å². The van der Waals surface area contributed by atoms with Crippen LogP contribution in [0.4, 0.5) is 5.88 Å². The van der Waals surface area contributed by atoms with Gasteiger partial charge in [0.15, 0.2) is 0 Å². The quantitative estimate of drug-likeness (QED) is 0.886. The number of amides is 2. The number of rotatable bonds is 5. The van der Waals surface area contributed by atoms with Gasteiger partial charge in [-0.1, -0.05) is 19.0 Å². The van der Waals surface area contributed by atoms with Crippen LogP contribution in [0.15, 0.2) is 10.6 Å². The SMILES string of the molecule is CC(C)c1cc(NC(=O)CN2CCCC2C(=O)N(C)C)on1. The zero-order valence-corrected chi connectivity index (χ0v) is 13.6. The normalized spacial score (nSPS) is 18.7. The molecule has 0 aliphatic carbocycles. The molecule has 1 fully saturated rings. The van der Waals surface area contributed by atoms with Gasteiger partial charge in [0, 0.05) is 20.2 Å². The molecule has 7 nitrogen and oxygen atoms in total. The van der Waals surface area contributed by atoms with Crippen LogP contribution in [0, 0.1) is 0 Å². The molecule has 0 aromatic carbocycles. The molecule has 22 heavy (non-hydrogen) atoms. The lowest BCUT2D eigenvalue weighted by molar-refractivity contribution is -0.133. The second-order valence-corrected chi connectivity index (χ2v) is 6.18. The standard InChI is InChI=1S/C15H24N4O3/c1-10(2)11-8-14(22-17-11)16-13(20)9-19-7-5-6-12(19)15(21)18(3)4/h8,10,12H,5-7,9H2,1-4H3,(H,16,20). The maximum atomic E-state index is 12.1. The van der Waals surface area contributed by atoms with E-state index in [4.69, 9.17) is 4.52 Å². The number of anilines is 1. The topological polar surface area (TPSA) is 78.7 Å². The van der Waals surface area contributed by atoms with E-state index in [9.17, 15) is 9.59 Å². The molecule has 1 aliphatic rings. The molecule has 122 valence electrons. The average molecular weight is 308 g/mol. The summed E-state index contributed by atoms with van der Waals surface area (Å²) in [5.41, 5.74) is 0.803. The Bertz CT molecular complexity index is 539. The molecular formula is C15H24N4O3. The smallest absolute Gasteiger partial charge is 0.240 e. The number of nitrogens with one attached hydrogen (secondary N) is 1. The summed E-state index contributed by atoms with van der Waals surface area (Å²) in [6, 6.07) is 1.52. The Morgan fingerprint density at radius 1 is 1.50 bits per heavy atom. The van der Waals surface area contributed by atoms with E-state index in [1.807, 2.05) is 18.7 Å². The van der Waals surface area contributed by atoms with E-state index in [1.54, 1.807) is 25.1 Å². The number of carbonyl (C=O) groups excluding carboxylic acids is 2. The second-order valence-electron chi connectivity index (χ2n) is 6.18. The zero-order valence-electron chi connectivity index (χ0n) is 13.6. The predicted octanol–water partition coefficient (Wildman–Crippen LogP) is 1.29. The minimum atomic E-state index is -0.207. The van der Waals surface area contributed by atoms with E-state index in [1.165, 1.54) is 0 Å². The molecule has 2 rings (SSSR count). The van der Waals surface area contributed by atoms with Crippen molar-refractivity contribution in [1.82, 2.24) is 15.0 Å². The van der Waals surface area contributed by atoms with Crippen molar-refractivity contribution in [3.05, 3.63) is 11.8 Å². The van der Waals surface area contributed by atoms with Crippen molar-refractivity contribution in [2.45, 2.75) is 38.6 Å². The fourth-order valence-corrected chi connectivity index (χ4v) is 2.57. The van der Waals surface area contributed by atoms with Crippen molar-refractivity contribution in [3.63, 3.8) is 0 Å². The van der Waals surface area contributed by atoms with Gasteiger partial charge in [0.2, 0.25) is 17.7 Å². The lowest BCUT2D eigenvalue weighted by Gasteiger charge is -2.25. The van der Waals surface area contributed by atoms with Crippen molar-refractivity contribution < 1.29 is 14.1 Å². The molecule has 0 radical (unpaired) electrons. The van der Waals surface area contributed by atoms with E-state index in [0.29, 0.717) is 5.88 Å². The molecule has 1 saturated heterocycles. The van der Waals surface area contributed by atoms with Crippen LogP contribution in [0.25, 0.3) is 0 Å². The Balaban J connectivity index is 1.92. The van der Waals surface area contributed by atoms with Crippen molar-refractivity contribution in [1.29, 1.82) is 0 Å². The van der Waals surface area contributed by atoms with Gasteiger partial charge in [-0.05, 0) is 25.3 Å². The summed E-state index contributed by atoms with van der Waals surface area (Å²) in [5.74, 6) is 0.454. The van der Waals surface area contributed by atoms with E-state index >= 15 is 0 Å². The van der Waals surface area contributed by atoms with Crippen LogP contribution in [0.2, 0.25) is 0 Å². The lowest BCUT2D eigenvalue weighted by atomic mass is 10.1. The highest BCUT2D eigenvalue weighted by Gasteiger charge is 2.32. The third kappa shape index (κ3) is 3.85. The number of likely N-dealkylation sites (tertiary alicyclic amines) is 1. The van der Waals surface area contributed by atoms with E-state index < -0.39 is 0 Å². The first-order valence-corrected chi connectivity index (χ1v) is 7.60. The first kappa shape index (κ1) is 16.5. The van der Waals surface area contributed by atoms with Crippen LogP contribution in [-0.2, 0) is 9.59 Å². The van der Waals surface area contributed by atoms with Gasteiger partial charge in [-0.3, -0.25) is 19.8 Å². The molecule has 1 atom stereocenters. The predicted molar refractivity (Wildman–Crippen MR) is 82.5 cm³/mol. The Labute approximate surface area is 130 Å². The fraction of sp³-hybridized carbons (Fsp3) is 0.667. The monoisotopic (exact) mass is 308 g/mol. The third-order valence-corrected chi connectivity index (χ3v) is 3.82. The van der Waals surface area contributed by atoms with Gasteiger partial charge in [0.1, 0.15) is 0 Å². The van der Waals surface area contributed by atoms with Crippen molar-refractivity contribution in [2.75, 3.05) is 32.5 Å². The lowest BCUT2D eigenvalue weighted by Crippen LogP contribution is -2.45. The number of hydrogen-bond donors (Lipinski definition) is 1. The van der Waals surface area contributed by atoms with Gasteiger partial charge in [-0.2, -0.15) is 0 Å². The average Bonchev–Trinajstić information content (AvgIpc) is 3.07. The summed E-state index contributed by atoms with van der Waals surface area (Å²) in [6.45, 7) is 4.95. The molecular weight excluding hydrogens is 284 g/mol. The van der Waals surface area contributed by atoms with Gasteiger partial charge in [-0.15, -0.1) is 0 Å². The number of carbonyl (C=O) groups is 2. The van der Waals surface area contributed by atoms with Crippen LogP contribution >= 0.6 is 0 Å². The van der Waals surface area contributed by atoms with Crippen molar-refractivity contribution >= 4 is 17.7 Å². The highest BCUT2D eigenvalue weighted by molar-refractivity contribution is 5.91. The minimum absolute atomic E-state index is 0.0482. The third-order valence-electron chi connectivity index (χ3n) is 3.82. The molecule has 0 spiro atoms. The van der Waals surface area contributed by atoms with Gasteiger partial charge >= 0.3 is 0 Å². The number of nitrogens with zero attached hydrogens (tertiary/aromatic N) is 3. The molecule has 1 aliphatic heterocycles. The van der Waals surface area contributed by atoms with Crippen molar-refractivity contribution in [2.24, 2.45) is 0 Å². The Hall–Kier alpha value is -1.89. The molecule has 1 aromatic heterocycles. The molecule has 2 heterocycles. The first-order valence-electron chi connectivity index (χ1n) is 7.60. The summed E-state index contributed by atoms with van der Waals surface area (Å²) >= 11 is 0. The molecule has 0 bridgehead atoms. The van der Waals surface area contributed by atoms with E-state index in [2.05, 4.69) is 10.5 Å². The molecule has 1 N–H and O–H groups in total. The maximum Gasteiger partial charge on any atom is 0.240 e. The van der Waals surface area contributed by atoms with E-state index in [0.717, 1.165) is 25.1 Å². The highest BCUT2D eigenvalue weighted by atomic mass is 16.5. The zero-order chi connectivity index (χ0) is 16.3. The Kier molecular flexibility index (Phi) is 5.18. The van der Waals surface area contributed by atoms with Crippen LogP contribution in [0.5, 0.6) is 0 Å².